The first-order chi connectivity index (χ1) is 13.3. The van der Waals surface area contributed by atoms with Crippen LogP contribution in [0.3, 0.4) is 0 Å². The summed E-state index contributed by atoms with van der Waals surface area (Å²) in [5, 5.41) is 7.33. The monoisotopic (exact) mass is 389 g/mol. The first kappa shape index (κ1) is 20.8. The Kier molecular flexibility index (Phi) is 6.97. The fraction of sp³-hybridized carbons (Fsp3) is 0.100. The van der Waals surface area contributed by atoms with Crippen LogP contribution in [0.2, 0.25) is 0 Å². The van der Waals surface area contributed by atoms with Gasteiger partial charge in [-0.15, -0.1) is 0 Å². The first-order valence-electron chi connectivity index (χ1n) is 8.18. The highest BCUT2D eigenvalue weighted by Gasteiger charge is 2.21. The summed E-state index contributed by atoms with van der Waals surface area (Å²) in [7, 11) is 1.50. The number of carbonyl (C=O) groups excluding carboxylic acids is 2. The Morgan fingerprint density at radius 3 is 2.21 bits per heavy atom. The van der Waals surface area contributed by atoms with Gasteiger partial charge < -0.3 is 16.0 Å². The Balaban J connectivity index is 2.11. The van der Waals surface area contributed by atoms with Crippen molar-refractivity contribution in [1.82, 2.24) is 16.0 Å². The number of carbonyl (C=O) groups is 2. The molecular weight excluding hydrogens is 371 g/mol. The summed E-state index contributed by atoms with van der Waals surface area (Å²) >= 11 is 0. The van der Waals surface area contributed by atoms with Crippen LogP contribution in [0.15, 0.2) is 66.5 Å². The van der Waals surface area contributed by atoms with Crippen molar-refractivity contribution >= 4 is 11.8 Å². The molecule has 0 saturated carbocycles. The Morgan fingerprint density at radius 1 is 1.00 bits per heavy atom. The lowest BCUT2D eigenvalue weighted by molar-refractivity contribution is -0.117. The lowest BCUT2D eigenvalue weighted by Gasteiger charge is -2.14. The molecule has 0 spiro atoms. The molecule has 28 heavy (non-hydrogen) atoms. The molecule has 0 aromatic heterocycles. The molecule has 2 amide bonds. The molecule has 0 aliphatic rings. The number of hydrogen-bond donors (Lipinski definition) is 3. The van der Waals surface area contributed by atoms with Crippen LogP contribution in [0.1, 0.15) is 15.9 Å². The molecule has 0 aliphatic heterocycles. The molecule has 0 unspecified atom stereocenters. The van der Waals surface area contributed by atoms with E-state index in [-0.39, 0.29) is 23.4 Å². The minimum absolute atomic E-state index is 0.0961. The van der Waals surface area contributed by atoms with Crippen molar-refractivity contribution in [2.75, 3.05) is 7.05 Å². The van der Waals surface area contributed by atoms with E-state index < -0.39 is 34.8 Å². The quantitative estimate of drug-likeness (QED) is 0.504. The maximum atomic E-state index is 13.8. The van der Waals surface area contributed by atoms with Crippen molar-refractivity contribution in [2.24, 2.45) is 0 Å². The van der Waals surface area contributed by atoms with Crippen molar-refractivity contribution < 1.29 is 22.8 Å². The van der Waals surface area contributed by atoms with Crippen molar-refractivity contribution in [3.63, 3.8) is 0 Å². The van der Waals surface area contributed by atoms with Gasteiger partial charge in [0.15, 0.2) is 0 Å². The summed E-state index contributed by atoms with van der Waals surface area (Å²) in [5.74, 6) is -4.35. The number of nitrogens with one attached hydrogen (secondary N) is 3. The van der Waals surface area contributed by atoms with E-state index in [1.807, 2.05) is 0 Å². The van der Waals surface area contributed by atoms with Crippen molar-refractivity contribution in [3.05, 3.63) is 95.1 Å². The molecule has 0 saturated heterocycles. The molecule has 0 fully saturated rings. The van der Waals surface area contributed by atoms with Crippen LogP contribution in [0.5, 0.6) is 0 Å². The lowest BCUT2D eigenvalue weighted by Crippen LogP contribution is -2.32. The largest absolute Gasteiger partial charge is 0.392 e. The highest BCUT2D eigenvalue weighted by molar-refractivity contribution is 6.01. The van der Waals surface area contributed by atoms with E-state index in [1.165, 1.54) is 31.4 Å². The molecule has 0 aliphatic carbocycles. The van der Waals surface area contributed by atoms with Crippen LogP contribution in [0, 0.1) is 17.5 Å². The number of rotatable bonds is 7. The summed E-state index contributed by atoms with van der Waals surface area (Å²) in [6.07, 6.45) is 1.24. The number of amides is 2. The van der Waals surface area contributed by atoms with E-state index in [4.69, 9.17) is 0 Å². The molecule has 8 heteroatoms. The van der Waals surface area contributed by atoms with Gasteiger partial charge in [0.25, 0.3) is 11.8 Å². The fourth-order valence-corrected chi connectivity index (χ4v) is 2.29. The molecule has 2 aromatic carbocycles. The Hall–Kier alpha value is -3.55. The zero-order chi connectivity index (χ0) is 20.7. The zero-order valence-electron chi connectivity index (χ0n) is 15.0. The highest BCUT2D eigenvalue weighted by Crippen LogP contribution is 2.14. The van der Waals surface area contributed by atoms with Crippen LogP contribution in [-0.4, -0.2) is 18.9 Å². The third kappa shape index (κ3) is 5.00. The van der Waals surface area contributed by atoms with E-state index in [9.17, 15) is 22.8 Å². The second kappa shape index (κ2) is 9.40. The minimum atomic E-state index is -1.08. The fourth-order valence-electron chi connectivity index (χ4n) is 2.29. The average molecular weight is 389 g/mol. The third-order valence-electron chi connectivity index (χ3n) is 3.72. The normalized spacial score (nSPS) is 10.9. The molecule has 5 nitrogen and oxygen atoms in total. The Bertz CT molecular complexity index is 922. The van der Waals surface area contributed by atoms with E-state index >= 15 is 0 Å². The standard InChI is InChI=1S/C20H18F3N3O2/c1-12(19(27)25-10-13-6-3-4-7-14(13)21)17(11-24-2)26-20(28)18-15(22)8-5-9-16(18)23/h3-9,11,24H,1,10H2,2H3,(H,25,27)(H,26,28)/b17-11+. The third-order valence-corrected chi connectivity index (χ3v) is 3.72. The van der Waals surface area contributed by atoms with Gasteiger partial charge in [0.05, 0.1) is 11.3 Å². The van der Waals surface area contributed by atoms with Gasteiger partial charge in [0, 0.05) is 25.4 Å². The molecule has 0 radical (unpaired) electrons. The summed E-state index contributed by atoms with van der Waals surface area (Å²) < 4.78 is 41.2. The first-order valence-corrected chi connectivity index (χ1v) is 8.18. The Labute approximate surface area is 159 Å². The van der Waals surface area contributed by atoms with Crippen LogP contribution >= 0.6 is 0 Å². The van der Waals surface area contributed by atoms with Crippen molar-refractivity contribution in [1.29, 1.82) is 0 Å². The lowest BCUT2D eigenvalue weighted by atomic mass is 10.1. The number of halogens is 3. The summed E-state index contributed by atoms with van der Waals surface area (Å²) in [6.45, 7) is 3.48. The molecule has 0 atom stereocenters. The van der Waals surface area contributed by atoms with Crippen molar-refractivity contribution in [2.45, 2.75) is 6.54 Å². The molecule has 3 N–H and O–H groups in total. The molecule has 146 valence electrons. The van der Waals surface area contributed by atoms with Gasteiger partial charge in [-0.1, -0.05) is 30.8 Å². The second-order valence-corrected chi connectivity index (χ2v) is 5.65. The van der Waals surface area contributed by atoms with Gasteiger partial charge in [-0.3, -0.25) is 9.59 Å². The smallest absolute Gasteiger partial charge is 0.261 e. The average Bonchev–Trinajstić information content (AvgIpc) is 2.66. The van der Waals surface area contributed by atoms with Gasteiger partial charge in [0.1, 0.15) is 23.0 Å². The summed E-state index contributed by atoms with van der Waals surface area (Å²) in [4.78, 5) is 24.5. The SMILES string of the molecule is C=C(C(=O)NCc1ccccc1F)/C(=C\NC)NC(=O)c1c(F)cccc1F. The van der Waals surface area contributed by atoms with Crippen LogP contribution in [0.25, 0.3) is 0 Å². The maximum absolute atomic E-state index is 13.8. The van der Waals surface area contributed by atoms with Gasteiger partial charge in [0.2, 0.25) is 0 Å². The van der Waals surface area contributed by atoms with E-state index in [0.29, 0.717) is 0 Å². The van der Waals surface area contributed by atoms with E-state index in [0.717, 1.165) is 18.2 Å². The predicted molar refractivity (Wildman–Crippen MR) is 98.4 cm³/mol. The summed E-state index contributed by atoms with van der Waals surface area (Å²) in [5.41, 5.74) is -0.804. The van der Waals surface area contributed by atoms with Crippen LogP contribution < -0.4 is 16.0 Å². The topological polar surface area (TPSA) is 70.2 Å². The van der Waals surface area contributed by atoms with Gasteiger partial charge >= 0.3 is 0 Å². The Morgan fingerprint density at radius 2 is 1.61 bits per heavy atom. The van der Waals surface area contributed by atoms with E-state index in [1.54, 1.807) is 6.07 Å². The number of hydrogen-bond acceptors (Lipinski definition) is 3. The van der Waals surface area contributed by atoms with Crippen LogP contribution in [0.4, 0.5) is 13.2 Å². The highest BCUT2D eigenvalue weighted by atomic mass is 19.1. The molecular formula is C20H18F3N3O2. The van der Waals surface area contributed by atoms with Gasteiger partial charge in [-0.05, 0) is 18.2 Å². The zero-order valence-corrected chi connectivity index (χ0v) is 15.0. The molecule has 0 heterocycles. The molecule has 2 rings (SSSR count). The van der Waals surface area contributed by atoms with Crippen molar-refractivity contribution in [3.8, 4) is 0 Å². The summed E-state index contributed by atoms with van der Waals surface area (Å²) in [6, 6.07) is 8.91. The van der Waals surface area contributed by atoms with Gasteiger partial charge in [-0.25, -0.2) is 13.2 Å². The second-order valence-electron chi connectivity index (χ2n) is 5.65. The van der Waals surface area contributed by atoms with E-state index in [2.05, 4.69) is 22.5 Å². The molecule has 0 bridgehead atoms. The predicted octanol–water partition coefficient (Wildman–Crippen LogP) is 2.77. The van der Waals surface area contributed by atoms with Gasteiger partial charge in [-0.2, -0.15) is 0 Å². The van der Waals surface area contributed by atoms with Crippen LogP contribution in [-0.2, 0) is 11.3 Å². The molecule has 2 aromatic rings. The minimum Gasteiger partial charge on any atom is -0.392 e. The number of benzene rings is 2. The maximum Gasteiger partial charge on any atom is 0.261 e.